The minimum Gasteiger partial charge on any atom is -0.504 e. The van der Waals surface area contributed by atoms with Gasteiger partial charge < -0.3 is 15.5 Å². The zero-order valence-corrected chi connectivity index (χ0v) is 12.1. The molecule has 0 atom stereocenters. The Labute approximate surface area is 128 Å². The number of aryl methyl sites for hydroxylation is 1. The lowest BCUT2D eigenvalue weighted by Gasteiger charge is -2.07. The number of hydrogen-bond donors (Lipinski definition) is 4. The minimum absolute atomic E-state index is 0.100. The molecule has 0 aliphatic heterocycles. The second-order valence-corrected chi connectivity index (χ2v) is 4.71. The molecular formula is C16H17N3O3. The third kappa shape index (κ3) is 4.24. The summed E-state index contributed by atoms with van der Waals surface area (Å²) in [6, 6.07) is 11.9. The van der Waals surface area contributed by atoms with Crippen molar-refractivity contribution in [1.82, 2.24) is 5.43 Å². The molecule has 2 aromatic rings. The molecule has 114 valence electrons. The Morgan fingerprint density at radius 3 is 2.68 bits per heavy atom. The Morgan fingerprint density at radius 2 is 1.95 bits per heavy atom. The van der Waals surface area contributed by atoms with Gasteiger partial charge in [0.25, 0.3) is 5.91 Å². The van der Waals surface area contributed by atoms with Crippen LogP contribution >= 0.6 is 0 Å². The Morgan fingerprint density at radius 1 is 1.18 bits per heavy atom. The maximum absolute atomic E-state index is 11.7. The number of anilines is 1. The van der Waals surface area contributed by atoms with E-state index in [1.54, 1.807) is 6.07 Å². The number of para-hydroxylation sites is 1. The van der Waals surface area contributed by atoms with Gasteiger partial charge >= 0.3 is 0 Å². The van der Waals surface area contributed by atoms with Crippen LogP contribution in [0.3, 0.4) is 0 Å². The number of hydrazone groups is 1. The number of carbonyl (C=O) groups excluding carboxylic acids is 1. The second-order valence-electron chi connectivity index (χ2n) is 4.71. The Hall–Kier alpha value is -3.02. The molecular weight excluding hydrogens is 282 g/mol. The van der Waals surface area contributed by atoms with E-state index in [0.717, 1.165) is 11.3 Å². The predicted molar refractivity (Wildman–Crippen MR) is 85.2 cm³/mol. The van der Waals surface area contributed by atoms with Crippen LogP contribution in [0.4, 0.5) is 5.69 Å². The number of phenols is 2. The third-order valence-electron chi connectivity index (χ3n) is 2.99. The fourth-order valence-electron chi connectivity index (χ4n) is 1.79. The third-order valence-corrected chi connectivity index (χ3v) is 2.99. The molecule has 0 spiro atoms. The lowest BCUT2D eigenvalue weighted by molar-refractivity contribution is -0.119. The van der Waals surface area contributed by atoms with Crippen molar-refractivity contribution in [2.45, 2.75) is 6.92 Å². The zero-order valence-electron chi connectivity index (χ0n) is 12.1. The molecule has 1 amide bonds. The summed E-state index contributed by atoms with van der Waals surface area (Å²) < 4.78 is 0. The number of nitrogens with one attached hydrogen (secondary N) is 2. The largest absolute Gasteiger partial charge is 0.504 e. The van der Waals surface area contributed by atoms with E-state index >= 15 is 0 Å². The molecule has 0 fully saturated rings. The van der Waals surface area contributed by atoms with E-state index in [2.05, 4.69) is 15.8 Å². The van der Waals surface area contributed by atoms with Gasteiger partial charge in [-0.1, -0.05) is 18.2 Å². The van der Waals surface area contributed by atoms with Crippen molar-refractivity contribution in [3.05, 3.63) is 53.6 Å². The monoisotopic (exact) mass is 299 g/mol. The van der Waals surface area contributed by atoms with Crippen LogP contribution in [0.2, 0.25) is 0 Å². The van der Waals surface area contributed by atoms with Crippen LogP contribution < -0.4 is 10.7 Å². The summed E-state index contributed by atoms with van der Waals surface area (Å²) in [5.74, 6) is -0.734. The highest BCUT2D eigenvalue weighted by atomic mass is 16.3. The van der Waals surface area contributed by atoms with Gasteiger partial charge in [0.05, 0.1) is 12.8 Å². The summed E-state index contributed by atoms with van der Waals surface area (Å²) in [7, 11) is 0. The molecule has 0 heterocycles. The number of carbonyl (C=O) groups is 1. The molecule has 6 heteroatoms. The van der Waals surface area contributed by atoms with Crippen molar-refractivity contribution in [3.63, 3.8) is 0 Å². The molecule has 22 heavy (non-hydrogen) atoms. The summed E-state index contributed by atoms with van der Waals surface area (Å²) in [5, 5.41) is 25.3. The van der Waals surface area contributed by atoms with Crippen LogP contribution in [0.15, 0.2) is 47.6 Å². The topological polar surface area (TPSA) is 94.0 Å². The van der Waals surface area contributed by atoms with Crippen molar-refractivity contribution in [3.8, 4) is 11.5 Å². The smallest absolute Gasteiger partial charge is 0.259 e. The van der Waals surface area contributed by atoms with E-state index in [4.69, 9.17) is 0 Å². The summed E-state index contributed by atoms with van der Waals surface area (Å²) in [4.78, 5) is 11.7. The number of benzene rings is 2. The number of hydrogen-bond acceptors (Lipinski definition) is 5. The van der Waals surface area contributed by atoms with Crippen molar-refractivity contribution in [1.29, 1.82) is 0 Å². The van der Waals surface area contributed by atoms with Crippen LogP contribution in [-0.4, -0.2) is 28.9 Å². The number of phenolic OH excluding ortho intramolecular Hbond substituents is 2. The number of aromatic hydroxyl groups is 2. The van der Waals surface area contributed by atoms with Crippen LogP contribution in [-0.2, 0) is 4.79 Å². The van der Waals surface area contributed by atoms with Crippen LogP contribution in [0, 0.1) is 6.92 Å². The van der Waals surface area contributed by atoms with Gasteiger partial charge in [0, 0.05) is 5.69 Å². The van der Waals surface area contributed by atoms with E-state index < -0.39 is 0 Å². The molecule has 0 bridgehead atoms. The van der Waals surface area contributed by atoms with Crippen molar-refractivity contribution in [2.24, 2.45) is 5.10 Å². The molecule has 0 unspecified atom stereocenters. The molecule has 0 aliphatic rings. The molecule has 4 N–H and O–H groups in total. The van der Waals surface area contributed by atoms with Gasteiger partial charge in [-0.3, -0.25) is 4.79 Å². The Bertz CT molecular complexity index is 699. The van der Waals surface area contributed by atoms with Gasteiger partial charge in [0.2, 0.25) is 0 Å². The van der Waals surface area contributed by atoms with Gasteiger partial charge in [-0.25, -0.2) is 5.43 Å². The number of nitrogens with zero attached hydrogens (tertiary/aromatic N) is 1. The van der Waals surface area contributed by atoms with Crippen molar-refractivity contribution in [2.75, 3.05) is 11.9 Å². The Kier molecular flexibility index (Phi) is 4.98. The highest BCUT2D eigenvalue weighted by molar-refractivity contribution is 5.84. The minimum atomic E-state index is -0.289. The molecule has 0 saturated heterocycles. The first-order chi connectivity index (χ1) is 10.6. The van der Waals surface area contributed by atoms with Crippen LogP contribution in [0.1, 0.15) is 11.1 Å². The fraction of sp³-hybridized carbons (Fsp3) is 0.125. The van der Waals surface area contributed by atoms with E-state index in [9.17, 15) is 15.0 Å². The van der Waals surface area contributed by atoms with Crippen molar-refractivity contribution >= 4 is 17.8 Å². The van der Waals surface area contributed by atoms with Gasteiger partial charge in [-0.2, -0.15) is 5.10 Å². The number of amides is 1. The maximum atomic E-state index is 11.7. The Balaban J connectivity index is 1.83. The standard InChI is InChI=1S/C16H17N3O3/c1-11-4-2-3-5-13(11)17-10-16(22)19-18-9-12-6-7-14(20)15(21)8-12/h2-9,17,20-21H,10H2,1H3,(H,19,22). The molecule has 6 nitrogen and oxygen atoms in total. The highest BCUT2D eigenvalue weighted by Crippen LogP contribution is 2.23. The van der Waals surface area contributed by atoms with Crippen LogP contribution in [0.5, 0.6) is 11.5 Å². The summed E-state index contributed by atoms with van der Waals surface area (Å²) in [6.07, 6.45) is 1.38. The van der Waals surface area contributed by atoms with E-state index in [1.165, 1.54) is 18.3 Å². The summed E-state index contributed by atoms with van der Waals surface area (Å²) in [6.45, 7) is 2.05. The quantitative estimate of drug-likeness (QED) is 0.386. The molecule has 0 radical (unpaired) electrons. The molecule has 0 aliphatic carbocycles. The van der Waals surface area contributed by atoms with E-state index in [0.29, 0.717) is 5.56 Å². The maximum Gasteiger partial charge on any atom is 0.259 e. The average Bonchev–Trinajstić information content (AvgIpc) is 2.50. The summed E-state index contributed by atoms with van der Waals surface area (Å²) in [5.41, 5.74) is 4.88. The molecule has 0 aromatic heterocycles. The van der Waals surface area contributed by atoms with Crippen LogP contribution in [0.25, 0.3) is 0 Å². The van der Waals surface area contributed by atoms with Gasteiger partial charge in [0.1, 0.15) is 0 Å². The average molecular weight is 299 g/mol. The lowest BCUT2D eigenvalue weighted by Crippen LogP contribution is -2.26. The first-order valence-corrected chi connectivity index (χ1v) is 6.69. The van der Waals surface area contributed by atoms with Crippen molar-refractivity contribution < 1.29 is 15.0 Å². The van der Waals surface area contributed by atoms with Gasteiger partial charge in [0.15, 0.2) is 11.5 Å². The first kappa shape index (κ1) is 15.4. The lowest BCUT2D eigenvalue weighted by atomic mass is 10.2. The number of rotatable bonds is 5. The second kappa shape index (κ2) is 7.12. The predicted octanol–water partition coefficient (Wildman–Crippen LogP) is 1.97. The zero-order chi connectivity index (χ0) is 15.9. The van der Waals surface area contributed by atoms with Gasteiger partial charge in [-0.15, -0.1) is 0 Å². The van der Waals surface area contributed by atoms with E-state index in [-0.39, 0.29) is 24.0 Å². The molecule has 2 aromatic carbocycles. The molecule has 2 rings (SSSR count). The molecule has 0 saturated carbocycles. The first-order valence-electron chi connectivity index (χ1n) is 6.69. The fourth-order valence-corrected chi connectivity index (χ4v) is 1.79. The van der Waals surface area contributed by atoms with E-state index in [1.807, 2.05) is 31.2 Å². The van der Waals surface area contributed by atoms with Gasteiger partial charge in [-0.05, 0) is 42.3 Å². The summed E-state index contributed by atoms with van der Waals surface area (Å²) >= 11 is 0. The SMILES string of the molecule is Cc1ccccc1NCC(=O)NN=Cc1ccc(O)c(O)c1. The highest BCUT2D eigenvalue weighted by Gasteiger charge is 2.02. The normalized spacial score (nSPS) is 10.6.